The first kappa shape index (κ1) is 19.7. The number of nitrogens with one attached hydrogen (secondary N) is 1. The van der Waals surface area contributed by atoms with Crippen LogP contribution < -0.4 is 5.32 Å². The Kier molecular flexibility index (Phi) is 6.96. The summed E-state index contributed by atoms with van der Waals surface area (Å²) in [5.74, 6) is -0.313. The average molecular weight is 353 g/mol. The number of hydrogen-bond acceptors (Lipinski definition) is 3. The lowest BCUT2D eigenvalue weighted by molar-refractivity contribution is -0.117. The molecule has 2 aromatic rings. The normalized spacial score (nSPS) is 11.9. The number of carbonyl (C=O) groups excluding carboxylic acids is 2. The van der Waals surface area contributed by atoms with Crippen molar-refractivity contribution in [2.45, 2.75) is 40.0 Å². The summed E-state index contributed by atoms with van der Waals surface area (Å²) >= 11 is 0. The Balaban J connectivity index is 2.11. The molecule has 0 unspecified atom stereocenters. The van der Waals surface area contributed by atoms with Crippen LogP contribution >= 0.6 is 0 Å². The zero-order valence-corrected chi connectivity index (χ0v) is 15.9. The van der Waals surface area contributed by atoms with Crippen molar-refractivity contribution >= 4 is 17.6 Å². The van der Waals surface area contributed by atoms with Crippen LogP contribution in [0.4, 0.5) is 5.69 Å². The Morgan fingerprint density at radius 3 is 2.27 bits per heavy atom. The summed E-state index contributed by atoms with van der Waals surface area (Å²) < 4.78 is 5.05. The van der Waals surface area contributed by atoms with Crippen LogP contribution in [0.3, 0.4) is 0 Å². The van der Waals surface area contributed by atoms with Crippen molar-refractivity contribution in [1.29, 1.82) is 0 Å². The van der Waals surface area contributed by atoms with Gasteiger partial charge in [0.05, 0.1) is 23.8 Å². The van der Waals surface area contributed by atoms with E-state index in [-0.39, 0.29) is 11.8 Å². The standard InChI is InChI=1S/C22H27NO3/c1-5-26-22(25)19-8-6-7-9-20(19)23-21(24)16(4)18-12-10-17(11-13-18)14-15(2)3/h6-13,15-16H,5,14H2,1-4H3,(H,23,24)/t16-/m1/s1. The van der Waals surface area contributed by atoms with Gasteiger partial charge in [0.1, 0.15) is 0 Å². The van der Waals surface area contributed by atoms with E-state index in [0.29, 0.717) is 23.8 Å². The number of carbonyl (C=O) groups is 2. The molecule has 1 atom stereocenters. The predicted molar refractivity (Wildman–Crippen MR) is 104 cm³/mol. The van der Waals surface area contributed by atoms with Gasteiger partial charge in [0.2, 0.25) is 5.91 Å². The van der Waals surface area contributed by atoms with Gasteiger partial charge in [-0.1, -0.05) is 50.2 Å². The highest BCUT2D eigenvalue weighted by Gasteiger charge is 2.19. The lowest BCUT2D eigenvalue weighted by Gasteiger charge is -2.15. The molecule has 0 heterocycles. The maximum Gasteiger partial charge on any atom is 0.340 e. The third-order valence-electron chi connectivity index (χ3n) is 4.20. The Bertz CT molecular complexity index is 750. The highest BCUT2D eigenvalue weighted by molar-refractivity contribution is 6.03. The van der Waals surface area contributed by atoms with Gasteiger partial charge in [-0.2, -0.15) is 0 Å². The molecule has 4 nitrogen and oxygen atoms in total. The zero-order valence-electron chi connectivity index (χ0n) is 15.9. The Labute approximate surface area is 155 Å². The number of rotatable bonds is 7. The molecule has 0 radical (unpaired) electrons. The van der Waals surface area contributed by atoms with Gasteiger partial charge in [0.25, 0.3) is 0 Å². The zero-order chi connectivity index (χ0) is 19.1. The number of hydrogen-bond donors (Lipinski definition) is 1. The molecule has 2 aromatic carbocycles. The Morgan fingerprint density at radius 1 is 1.00 bits per heavy atom. The van der Waals surface area contributed by atoms with Gasteiger partial charge in [-0.05, 0) is 49.4 Å². The van der Waals surface area contributed by atoms with Crippen molar-refractivity contribution in [3.05, 3.63) is 65.2 Å². The monoisotopic (exact) mass is 353 g/mol. The lowest BCUT2D eigenvalue weighted by Crippen LogP contribution is -2.21. The number of para-hydroxylation sites is 1. The van der Waals surface area contributed by atoms with Gasteiger partial charge < -0.3 is 10.1 Å². The second-order valence-electron chi connectivity index (χ2n) is 6.82. The fourth-order valence-corrected chi connectivity index (χ4v) is 2.79. The SMILES string of the molecule is CCOC(=O)c1ccccc1NC(=O)[C@H](C)c1ccc(CC(C)C)cc1. The summed E-state index contributed by atoms with van der Waals surface area (Å²) in [5, 5.41) is 2.86. The van der Waals surface area contributed by atoms with Gasteiger partial charge in [-0.25, -0.2) is 4.79 Å². The van der Waals surface area contributed by atoms with E-state index in [1.54, 1.807) is 31.2 Å². The van der Waals surface area contributed by atoms with E-state index in [0.717, 1.165) is 12.0 Å². The fourth-order valence-electron chi connectivity index (χ4n) is 2.79. The predicted octanol–water partition coefficient (Wildman–Crippen LogP) is 4.80. The maximum atomic E-state index is 12.6. The molecule has 0 bridgehead atoms. The summed E-state index contributed by atoms with van der Waals surface area (Å²) in [7, 11) is 0. The van der Waals surface area contributed by atoms with Crippen LogP contribution in [0.25, 0.3) is 0 Å². The van der Waals surface area contributed by atoms with Gasteiger partial charge in [-0.15, -0.1) is 0 Å². The molecule has 0 aliphatic heterocycles. The number of ether oxygens (including phenoxy) is 1. The number of esters is 1. The largest absolute Gasteiger partial charge is 0.462 e. The minimum absolute atomic E-state index is 0.154. The molecule has 2 rings (SSSR count). The molecule has 4 heteroatoms. The molecule has 0 saturated carbocycles. The maximum absolute atomic E-state index is 12.6. The van der Waals surface area contributed by atoms with Crippen LogP contribution in [-0.4, -0.2) is 18.5 Å². The van der Waals surface area contributed by atoms with Crippen molar-refractivity contribution in [2.75, 3.05) is 11.9 Å². The van der Waals surface area contributed by atoms with Crippen LogP contribution in [0, 0.1) is 5.92 Å². The van der Waals surface area contributed by atoms with E-state index < -0.39 is 5.97 Å². The second-order valence-corrected chi connectivity index (χ2v) is 6.82. The molecule has 0 saturated heterocycles. The Morgan fingerprint density at radius 2 is 1.65 bits per heavy atom. The van der Waals surface area contributed by atoms with Gasteiger partial charge in [0, 0.05) is 0 Å². The molecule has 0 fully saturated rings. The lowest BCUT2D eigenvalue weighted by atomic mass is 9.96. The average Bonchev–Trinajstić information content (AvgIpc) is 2.62. The third-order valence-corrected chi connectivity index (χ3v) is 4.20. The molecular formula is C22H27NO3. The summed E-state index contributed by atoms with van der Waals surface area (Å²) in [6, 6.07) is 15.0. The minimum atomic E-state index is -0.436. The van der Waals surface area contributed by atoms with E-state index in [4.69, 9.17) is 4.74 Å². The molecule has 0 spiro atoms. The van der Waals surface area contributed by atoms with Crippen molar-refractivity contribution in [2.24, 2.45) is 5.92 Å². The molecule has 0 aliphatic rings. The van der Waals surface area contributed by atoms with Crippen molar-refractivity contribution in [3.8, 4) is 0 Å². The molecule has 26 heavy (non-hydrogen) atoms. The third kappa shape index (κ3) is 5.19. The molecule has 0 aliphatic carbocycles. The van der Waals surface area contributed by atoms with Crippen LogP contribution in [0.15, 0.2) is 48.5 Å². The summed E-state index contributed by atoms with van der Waals surface area (Å²) in [4.78, 5) is 24.7. The van der Waals surface area contributed by atoms with Crippen LogP contribution in [0.5, 0.6) is 0 Å². The molecule has 138 valence electrons. The van der Waals surface area contributed by atoms with Crippen molar-refractivity contribution in [1.82, 2.24) is 0 Å². The highest BCUT2D eigenvalue weighted by Crippen LogP contribution is 2.22. The van der Waals surface area contributed by atoms with Gasteiger partial charge in [-0.3, -0.25) is 4.79 Å². The quantitative estimate of drug-likeness (QED) is 0.727. The summed E-state index contributed by atoms with van der Waals surface area (Å²) in [6.07, 6.45) is 1.02. The van der Waals surface area contributed by atoms with E-state index in [1.807, 2.05) is 19.1 Å². The van der Waals surface area contributed by atoms with Crippen LogP contribution in [0.1, 0.15) is 55.1 Å². The molecular weight excluding hydrogens is 326 g/mol. The number of anilines is 1. The molecule has 1 amide bonds. The van der Waals surface area contributed by atoms with Crippen molar-refractivity contribution in [3.63, 3.8) is 0 Å². The number of amides is 1. The van der Waals surface area contributed by atoms with E-state index in [9.17, 15) is 9.59 Å². The molecule has 1 N–H and O–H groups in total. The topological polar surface area (TPSA) is 55.4 Å². The van der Waals surface area contributed by atoms with E-state index in [1.165, 1.54) is 5.56 Å². The first-order valence-electron chi connectivity index (χ1n) is 9.08. The fraction of sp³-hybridized carbons (Fsp3) is 0.364. The van der Waals surface area contributed by atoms with E-state index in [2.05, 4.69) is 31.3 Å². The minimum Gasteiger partial charge on any atom is -0.462 e. The summed E-state index contributed by atoms with van der Waals surface area (Å²) in [6.45, 7) is 8.28. The Hall–Kier alpha value is -2.62. The second kappa shape index (κ2) is 9.18. The van der Waals surface area contributed by atoms with E-state index >= 15 is 0 Å². The van der Waals surface area contributed by atoms with Crippen LogP contribution in [0.2, 0.25) is 0 Å². The first-order chi connectivity index (χ1) is 12.4. The number of benzene rings is 2. The van der Waals surface area contributed by atoms with Crippen molar-refractivity contribution < 1.29 is 14.3 Å². The first-order valence-corrected chi connectivity index (χ1v) is 9.08. The summed E-state index contributed by atoms with van der Waals surface area (Å²) in [5.41, 5.74) is 3.05. The van der Waals surface area contributed by atoms with Crippen LogP contribution in [-0.2, 0) is 16.0 Å². The van der Waals surface area contributed by atoms with Gasteiger partial charge in [0.15, 0.2) is 0 Å². The highest BCUT2D eigenvalue weighted by atomic mass is 16.5. The smallest absolute Gasteiger partial charge is 0.340 e. The van der Waals surface area contributed by atoms with Gasteiger partial charge >= 0.3 is 5.97 Å². The molecule has 0 aromatic heterocycles.